The molecule has 0 N–H and O–H groups in total. The van der Waals surface area contributed by atoms with Crippen LogP contribution in [0, 0.1) is 0 Å². The lowest BCUT2D eigenvalue weighted by atomic mass is 10.00. The van der Waals surface area contributed by atoms with Crippen LogP contribution in [0.3, 0.4) is 0 Å². The van der Waals surface area contributed by atoms with E-state index in [1.807, 2.05) is 97.3 Å². The van der Waals surface area contributed by atoms with Crippen LogP contribution in [0.4, 0.5) is 0 Å². The number of fused-ring (bicyclic) bond motifs is 16. The van der Waals surface area contributed by atoms with Crippen molar-refractivity contribution < 1.29 is 0 Å². The molecule has 14 heteroatoms. The molecule has 146 heavy (non-hydrogen) atoms. The van der Waals surface area contributed by atoms with Crippen LogP contribution in [0.5, 0.6) is 0 Å². The molecule has 20 aromatic carbocycles. The molecule has 0 aliphatic carbocycles. The van der Waals surface area contributed by atoms with Crippen molar-refractivity contribution in [2.45, 2.75) is 0 Å². The zero-order chi connectivity index (χ0) is 96.7. The van der Waals surface area contributed by atoms with Crippen molar-refractivity contribution in [3.63, 3.8) is 0 Å². The van der Waals surface area contributed by atoms with Crippen LogP contribution in [0.2, 0.25) is 0 Å². The third kappa shape index (κ3) is 16.1. The Morgan fingerprint density at radius 3 is 0.651 bits per heavy atom. The molecule has 0 atom stereocenters. The molecule has 9 heterocycles. The normalized spacial score (nSPS) is 11.4. The van der Waals surface area contributed by atoms with E-state index in [9.17, 15) is 0 Å². The first kappa shape index (κ1) is 86.4. The third-order valence-electron chi connectivity index (χ3n) is 27.4. The fraction of sp³-hybridized carbons (Fsp3) is 0. The SMILES string of the molecule is c1ccc(-c2ccc(-c3nc(-c4ccc(-c5cnc(-n6c7ccccc7c7ccccc76)nc5)cc4)nc4ccccc34)cc2)cc1.c1ccc(-c2ccc(-c3nc(-n4c5ccccc5c5ccccc54)nc4ccccc34)cc2)cc1.c1ccc(-c2cccc(-c3nc(-n4c5ccccc5c5ccccc54)nc4ccccc34)c2)cc1.c1ccc(-c2nc(-n3c4ccccc4c4ccccc43)nc3ccccc23)cc1. The van der Waals surface area contributed by atoms with Gasteiger partial charge in [0.1, 0.15) is 0 Å². The fourth-order valence-electron chi connectivity index (χ4n) is 20.5. The van der Waals surface area contributed by atoms with E-state index in [0.717, 1.165) is 149 Å². The molecule has 0 radical (unpaired) electrons. The molecule has 0 aliphatic rings. The number of hydrogen-bond donors (Lipinski definition) is 0. The van der Waals surface area contributed by atoms with Crippen LogP contribution in [0.15, 0.2) is 522 Å². The highest BCUT2D eigenvalue weighted by atomic mass is 15.2. The lowest BCUT2D eigenvalue weighted by molar-refractivity contribution is 0.990. The zero-order valence-electron chi connectivity index (χ0n) is 78.9. The summed E-state index contributed by atoms with van der Waals surface area (Å²) in [6.45, 7) is 0. The summed E-state index contributed by atoms with van der Waals surface area (Å²) in [6, 6.07) is 176. The minimum atomic E-state index is 0.650. The van der Waals surface area contributed by atoms with Gasteiger partial charge in [-0.15, -0.1) is 0 Å². The summed E-state index contributed by atoms with van der Waals surface area (Å²) in [4.78, 5) is 50.1. The van der Waals surface area contributed by atoms with E-state index in [1.54, 1.807) is 0 Å². The maximum absolute atomic E-state index is 5.20. The van der Waals surface area contributed by atoms with Gasteiger partial charge < -0.3 is 0 Å². The second kappa shape index (κ2) is 37.7. The van der Waals surface area contributed by atoms with Crippen LogP contribution in [-0.2, 0) is 0 Å². The number of benzene rings is 20. The predicted molar refractivity (Wildman–Crippen MR) is 600 cm³/mol. The number of rotatable bonds is 13. The minimum absolute atomic E-state index is 0.650. The van der Waals surface area contributed by atoms with Crippen molar-refractivity contribution >= 4 is 131 Å². The number of hydrogen-bond acceptors (Lipinski definition) is 10. The van der Waals surface area contributed by atoms with Crippen LogP contribution < -0.4 is 0 Å². The Labute approximate surface area is 839 Å². The van der Waals surface area contributed by atoms with E-state index in [2.05, 4.69) is 443 Å². The molecule has 684 valence electrons. The number of aromatic nitrogens is 14. The van der Waals surface area contributed by atoms with Gasteiger partial charge in [0.2, 0.25) is 23.8 Å². The predicted octanol–water partition coefficient (Wildman–Crippen LogP) is 32.7. The first-order valence-electron chi connectivity index (χ1n) is 48.9. The standard InChI is InChI=1S/C42H27N5.2C32H21N3.C26H17N3/c1-2-10-28(11-3-1)29-18-22-31(23-19-29)40-36-14-4-7-15-37(36)45-41(46-40)32-24-20-30(21-25-32)33-26-43-42(44-27-33)47-38-16-8-5-12-34(38)35-13-6-9-17-39(35)47;1-2-11-22(12-3-1)23-13-10-14-24(21-23)31-27-17-4-7-18-28(27)33-32(34-31)35-29-19-8-5-15-25(29)26-16-6-9-20-30(26)35;1-2-10-22(11-3-1)23-18-20-24(21-19-23)31-27-14-4-7-15-28(27)33-32(34-31)35-29-16-8-5-12-25(29)26-13-6-9-17-30(26)35;1-2-10-18(11-3-1)25-21-14-4-7-15-22(21)27-26(28-25)29-23-16-8-5-12-19(23)20-13-6-9-17-24(20)29/h1-27H;2*1-21H;1-17H. The Morgan fingerprint density at radius 2 is 0.329 bits per heavy atom. The molecule has 29 aromatic rings. The maximum Gasteiger partial charge on any atom is 0.235 e. The molecule has 0 spiro atoms. The van der Waals surface area contributed by atoms with Gasteiger partial charge in [-0.2, -0.15) is 0 Å². The van der Waals surface area contributed by atoms with Gasteiger partial charge >= 0.3 is 0 Å². The largest absolute Gasteiger partial charge is 0.278 e. The van der Waals surface area contributed by atoms with E-state index in [1.165, 1.54) is 76.5 Å². The van der Waals surface area contributed by atoms with Crippen LogP contribution in [-0.4, -0.2) is 68.1 Å². The second-order valence-corrected chi connectivity index (χ2v) is 36.1. The van der Waals surface area contributed by atoms with Gasteiger partial charge in [0.25, 0.3) is 0 Å². The van der Waals surface area contributed by atoms with Crippen molar-refractivity contribution in [2.24, 2.45) is 0 Å². The molecule has 0 aliphatic heterocycles. The highest BCUT2D eigenvalue weighted by Gasteiger charge is 2.24. The highest BCUT2D eigenvalue weighted by Crippen LogP contribution is 2.42. The molecule has 0 saturated carbocycles. The van der Waals surface area contributed by atoms with E-state index in [4.69, 9.17) is 49.8 Å². The van der Waals surface area contributed by atoms with Gasteiger partial charge in [-0.1, -0.05) is 431 Å². The van der Waals surface area contributed by atoms with Crippen LogP contribution in [0.25, 0.3) is 256 Å². The Hall–Kier alpha value is -20.0. The average Bonchev–Trinajstić information content (AvgIpc) is 1.60. The smallest absolute Gasteiger partial charge is 0.235 e. The first-order chi connectivity index (χ1) is 72.4. The van der Waals surface area contributed by atoms with E-state index < -0.39 is 0 Å². The minimum Gasteiger partial charge on any atom is -0.278 e. The van der Waals surface area contributed by atoms with Crippen molar-refractivity contribution in [1.29, 1.82) is 0 Å². The number of para-hydroxylation sites is 12. The summed E-state index contributed by atoms with van der Waals surface area (Å²) in [5.41, 5.74) is 30.6. The van der Waals surface area contributed by atoms with Gasteiger partial charge in [-0.25, -0.2) is 49.8 Å². The number of nitrogens with zero attached hydrogens (tertiary/aromatic N) is 14. The molecule has 29 rings (SSSR count). The zero-order valence-corrected chi connectivity index (χ0v) is 78.9. The fourth-order valence-corrected chi connectivity index (χ4v) is 20.5. The van der Waals surface area contributed by atoms with E-state index >= 15 is 0 Å². The van der Waals surface area contributed by atoms with Gasteiger partial charge in [0.15, 0.2) is 5.82 Å². The molecule has 0 saturated heterocycles. The molecular weight excluding hydrogens is 1780 g/mol. The summed E-state index contributed by atoms with van der Waals surface area (Å²) in [5.74, 6) is 3.40. The van der Waals surface area contributed by atoms with Crippen molar-refractivity contribution in [2.75, 3.05) is 0 Å². The summed E-state index contributed by atoms with van der Waals surface area (Å²) in [6.07, 6.45) is 3.79. The van der Waals surface area contributed by atoms with Crippen LogP contribution in [0.1, 0.15) is 0 Å². The summed E-state index contributed by atoms with van der Waals surface area (Å²) >= 11 is 0. The van der Waals surface area contributed by atoms with E-state index in [0.29, 0.717) is 29.6 Å². The molecule has 0 fully saturated rings. The second-order valence-electron chi connectivity index (χ2n) is 36.1. The molecule has 0 unspecified atom stereocenters. The Morgan fingerprint density at radius 1 is 0.123 bits per heavy atom. The van der Waals surface area contributed by atoms with Crippen LogP contribution >= 0.6 is 0 Å². The summed E-state index contributed by atoms with van der Waals surface area (Å²) in [7, 11) is 0. The monoisotopic (exact) mass is 1870 g/mol. The maximum atomic E-state index is 5.20. The van der Waals surface area contributed by atoms with Crippen molar-refractivity contribution in [3.05, 3.63) is 522 Å². The Bertz CT molecular complexity index is 9770. The molecule has 0 amide bonds. The Kier molecular flexibility index (Phi) is 22.3. The van der Waals surface area contributed by atoms with Crippen molar-refractivity contribution in [3.8, 4) is 125 Å². The molecule has 9 aromatic heterocycles. The average molecular weight is 1870 g/mol. The highest BCUT2D eigenvalue weighted by molar-refractivity contribution is 6.13. The summed E-state index contributed by atoms with van der Waals surface area (Å²) in [5, 5.41) is 13.8. The van der Waals surface area contributed by atoms with Gasteiger partial charge in [-0.05, 0) is 118 Å². The molecule has 0 bridgehead atoms. The van der Waals surface area contributed by atoms with Gasteiger partial charge in [0.05, 0.1) is 89.0 Å². The van der Waals surface area contributed by atoms with Gasteiger partial charge in [0, 0.05) is 110 Å². The third-order valence-corrected chi connectivity index (χ3v) is 27.4. The topological polar surface area (TPSA) is 149 Å². The quantitative estimate of drug-likeness (QED) is 0.109. The summed E-state index contributed by atoms with van der Waals surface area (Å²) < 4.78 is 8.66. The Balaban J connectivity index is 0.000000100. The van der Waals surface area contributed by atoms with Gasteiger partial charge in [-0.3, -0.25) is 18.3 Å². The van der Waals surface area contributed by atoms with Crippen molar-refractivity contribution in [1.82, 2.24) is 68.1 Å². The molecular formula is C132H86N14. The first-order valence-corrected chi connectivity index (χ1v) is 48.9. The van der Waals surface area contributed by atoms with E-state index in [-0.39, 0.29) is 0 Å². The molecule has 14 nitrogen and oxygen atoms in total. The lowest BCUT2D eigenvalue weighted by Gasteiger charge is -2.12. The lowest BCUT2D eigenvalue weighted by Crippen LogP contribution is -2.03.